The largest absolute Gasteiger partial charge is 0.480 e. The average Bonchev–Trinajstić information content (AvgIpc) is 2.12. The van der Waals surface area contributed by atoms with Gasteiger partial charge in [-0.15, -0.1) is 0 Å². The molecule has 0 aromatic carbocycles. The van der Waals surface area contributed by atoms with Gasteiger partial charge in [0.2, 0.25) is 0 Å². The second kappa shape index (κ2) is 1.86. The van der Waals surface area contributed by atoms with Crippen molar-refractivity contribution in [3.63, 3.8) is 0 Å². The molecule has 1 aliphatic heterocycles. The van der Waals surface area contributed by atoms with E-state index in [0.717, 1.165) is 0 Å². The van der Waals surface area contributed by atoms with E-state index in [9.17, 15) is 4.79 Å². The number of carboxylic acids is 1. The number of carbonyl (C=O) groups is 1. The van der Waals surface area contributed by atoms with E-state index in [2.05, 4.69) is 5.32 Å². The minimum Gasteiger partial charge on any atom is -0.480 e. The maximum atomic E-state index is 10.1. The van der Waals surface area contributed by atoms with Crippen LogP contribution in [0, 0.1) is 0 Å². The van der Waals surface area contributed by atoms with Crippen LogP contribution in [0.1, 0.15) is 6.42 Å². The highest BCUT2D eigenvalue weighted by Gasteiger charge is 2.18. The summed E-state index contributed by atoms with van der Waals surface area (Å²) in [5.41, 5.74) is 0. The van der Waals surface area contributed by atoms with Gasteiger partial charge in [-0.3, -0.25) is 5.32 Å². The second-order valence-electron chi connectivity index (χ2n) is 1.62. The average molecular weight is 112 g/mol. The van der Waals surface area contributed by atoms with Crippen molar-refractivity contribution >= 4 is 5.97 Å². The Morgan fingerprint density at radius 2 is 2.62 bits per heavy atom. The first-order valence-electron chi connectivity index (χ1n) is 2.38. The maximum Gasteiger partial charge on any atom is 0.328 e. The van der Waals surface area contributed by atoms with Gasteiger partial charge in [0.1, 0.15) is 0 Å². The number of rotatable bonds is 1. The van der Waals surface area contributed by atoms with Crippen LogP contribution in [0.4, 0.5) is 0 Å². The second-order valence-corrected chi connectivity index (χ2v) is 1.62. The fraction of sp³-hybridized carbons (Fsp3) is 0.400. The summed E-state index contributed by atoms with van der Waals surface area (Å²) in [6.07, 6.45) is 3.84. The molecule has 0 saturated carbocycles. The van der Waals surface area contributed by atoms with E-state index in [1.807, 2.05) is 0 Å². The first kappa shape index (κ1) is 5.15. The molecule has 0 saturated heterocycles. The van der Waals surface area contributed by atoms with E-state index < -0.39 is 12.0 Å². The molecule has 1 unspecified atom stereocenters. The minimum absolute atomic E-state index is 0.505. The molecule has 0 spiro atoms. The van der Waals surface area contributed by atoms with Crippen LogP contribution in [-0.4, -0.2) is 17.1 Å². The van der Waals surface area contributed by atoms with Crippen molar-refractivity contribution in [2.45, 2.75) is 12.5 Å². The predicted octanol–water partition coefficient (Wildman–Crippen LogP) is -0.0386. The van der Waals surface area contributed by atoms with Gasteiger partial charge in [0, 0.05) is 12.6 Å². The molecule has 1 atom stereocenters. The molecule has 1 heterocycles. The molecule has 0 aromatic heterocycles. The summed E-state index contributed by atoms with van der Waals surface area (Å²) in [6.45, 7) is 0. The van der Waals surface area contributed by atoms with Crippen LogP contribution >= 0.6 is 0 Å². The Morgan fingerprint density at radius 1 is 1.88 bits per heavy atom. The Kier molecular flexibility index (Phi) is 1.20. The third-order valence-electron chi connectivity index (χ3n) is 1.02. The molecule has 0 amide bonds. The zero-order valence-electron chi connectivity index (χ0n) is 4.24. The molecular formula is C5H6NO2. The summed E-state index contributed by atoms with van der Waals surface area (Å²) in [4.78, 5) is 10.1. The van der Waals surface area contributed by atoms with Gasteiger partial charge in [0.15, 0.2) is 6.04 Å². The Labute approximate surface area is 47.0 Å². The summed E-state index contributed by atoms with van der Waals surface area (Å²) in [5.74, 6) is -0.838. The lowest BCUT2D eigenvalue weighted by molar-refractivity contribution is -0.138. The molecule has 1 N–H and O–H groups in total. The van der Waals surface area contributed by atoms with Crippen LogP contribution in [0.15, 0.2) is 12.3 Å². The van der Waals surface area contributed by atoms with Crippen molar-refractivity contribution in [1.82, 2.24) is 5.32 Å². The van der Waals surface area contributed by atoms with Crippen LogP contribution in [-0.2, 0) is 4.79 Å². The van der Waals surface area contributed by atoms with Crippen molar-refractivity contribution < 1.29 is 9.90 Å². The minimum atomic E-state index is -0.838. The van der Waals surface area contributed by atoms with Gasteiger partial charge in [-0.2, -0.15) is 0 Å². The summed E-state index contributed by atoms with van der Waals surface area (Å²) < 4.78 is 0. The molecule has 3 heteroatoms. The number of hydrogen-bond donors (Lipinski definition) is 1. The fourth-order valence-corrected chi connectivity index (χ4v) is 0.580. The lowest BCUT2D eigenvalue weighted by Crippen LogP contribution is -2.23. The summed E-state index contributed by atoms with van der Waals surface area (Å²) in [7, 11) is 0. The zero-order chi connectivity index (χ0) is 5.98. The smallest absolute Gasteiger partial charge is 0.328 e. The van der Waals surface area contributed by atoms with Crippen molar-refractivity contribution in [1.29, 1.82) is 0 Å². The van der Waals surface area contributed by atoms with E-state index in [1.165, 1.54) is 0 Å². The molecule has 1 rings (SSSR count). The summed E-state index contributed by atoms with van der Waals surface area (Å²) in [5, 5.41) is 11.9. The molecule has 0 aliphatic carbocycles. The Hall–Kier alpha value is -0.990. The molecular weight excluding hydrogens is 106 g/mol. The number of hydrogen-bond acceptors (Lipinski definition) is 1. The Bertz CT molecular complexity index is 122. The van der Waals surface area contributed by atoms with E-state index in [0.29, 0.717) is 6.42 Å². The van der Waals surface area contributed by atoms with Crippen LogP contribution < -0.4 is 5.32 Å². The van der Waals surface area contributed by atoms with Gasteiger partial charge in [0.25, 0.3) is 0 Å². The molecule has 43 valence electrons. The standard InChI is InChI=1S/C5H6NO2/c7-5(8)4-2-1-3-6-4/h1,3-4H,2H2,(H,7,8). The third kappa shape index (κ3) is 0.804. The summed E-state index contributed by atoms with van der Waals surface area (Å²) in [6, 6.07) is -0.505. The normalized spacial score (nSPS) is 25.2. The first-order chi connectivity index (χ1) is 3.80. The highest BCUT2D eigenvalue weighted by molar-refractivity contribution is 5.74. The predicted molar refractivity (Wildman–Crippen MR) is 27.3 cm³/mol. The quantitative estimate of drug-likeness (QED) is 0.517. The lowest BCUT2D eigenvalue weighted by atomic mass is 10.2. The zero-order valence-corrected chi connectivity index (χ0v) is 4.24. The van der Waals surface area contributed by atoms with Crippen LogP contribution in [0.25, 0.3) is 0 Å². The van der Waals surface area contributed by atoms with Crippen LogP contribution in [0.5, 0.6) is 0 Å². The topological polar surface area (TPSA) is 51.4 Å². The van der Waals surface area contributed by atoms with Gasteiger partial charge >= 0.3 is 5.97 Å². The van der Waals surface area contributed by atoms with E-state index in [-0.39, 0.29) is 0 Å². The summed E-state index contributed by atoms with van der Waals surface area (Å²) >= 11 is 0. The van der Waals surface area contributed by atoms with E-state index in [1.54, 1.807) is 12.3 Å². The van der Waals surface area contributed by atoms with Gasteiger partial charge in [-0.1, -0.05) is 6.08 Å². The van der Waals surface area contributed by atoms with E-state index in [4.69, 9.17) is 5.11 Å². The molecule has 0 bridgehead atoms. The maximum absolute atomic E-state index is 10.1. The molecule has 8 heavy (non-hydrogen) atoms. The molecule has 0 fully saturated rings. The van der Waals surface area contributed by atoms with Crippen molar-refractivity contribution in [2.75, 3.05) is 0 Å². The SMILES string of the molecule is O=C(O)C1CC=C[N]1. The third-order valence-corrected chi connectivity index (χ3v) is 1.02. The van der Waals surface area contributed by atoms with Crippen molar-refractivity contribution in [3.05, 3.63) is 12.3 Å². The Morgan fingerprint density at radius 3 is 2.88 bits per heavy atom. The highest BCUT2D eigenvalue weighted by atomic mass is 16.4. The van der Waals surface area contributed by atoms with Gasteiger partial charge in [-0.05, 0) is 0 Å². The van der Waals surface area contributed by atoms with Crippen molar-refractivity contribution in [3.8, 4) is 0 Å². The molecule has 3 nitrogen and oxygen atoms in total. The number of aliphatic carboxylic acids is 1. The fourth-order valence-electron chi connectivity index (χ4n) is 0.580. The molecule has 1 aliphatic rings. The van der Waals surface area contributed by atoms with Crippen LogP contribution in [0.3, 0.4) is 0 Å². The van der Waals surface area contributed by atoms with Crippen molar-refractivity contribution in [2.24, 2.45) is 0 Å². The van der Waals surface area contributed by atoms with Gasteiger partial charge in [0.05, 0.1) is 0 Å². The number of nitrogens with zero attached hydrogens (tertiary/aromatic N) is 1. The van der Waals surface area contributed by atoms with Gasteiger partial charge in [-0.25, -0.2) is 4.79 Å². The van der Waals surface area contributed by atoms with Gasteiger partial charge < -0.3 is 5.11 Å². The van der Waals surface area contributed by atoms with Crippen LogP contribution in [0.2, 0.25) is 0 Å². The highest BCUT2D eigenvalue weighted by Crippen LogP contribution is 2.01. The molecule has 1 radical (unpaired) electrons. The van der Waals surface area contributed by atoms with E-state index >= 15 is 0 Å². The first-order valence-corrected chi connectivity index (χ1v) is 2.38. The Balaban J connectivity index is 2.41. The lowest BCUT2D eigenvalue weighted by Gasteiger charge is -1.97. The number of carboxylic acid groups (broad SMARTS) is 1. The molecule has 0 aromatic rings. The monoisotopic (exact) mass is 112 g/mol.